The highest BCUT2D eigenvalue weighted by Crippen LogP contribution is 2.22. The van der Waals surface area contributed by atoms with Crippen molar-refractivity contribution in [2.24, 2.45) is 5.73 Å². The zero-order valence-electron chi connectivity index (χ0n) is 14.2. The third kappa shape index (κ3) is 3.62. The molecule has 0 aliphatic carbocycles. The fourth-order valence-electron chi connectivity index (χ4n) is 2.54. The number of anilines is 1. The molecular weight excluding hydrogens is 334 g/mol. The predicted molar refractivity (Wildman–Crippen MR) is 95.8 cm³/mol. The number of amides is 1. The Hall–Kier alpha value is -3.46. The van der Waals surface area contributed by atoms with Gasteiger partial charge in [0.2, 0.25) is 5.95 Å². The Bertz CT molecular complexity index is 909. The van der Waals surface area contributed by atoms with Crippen molar-refractivity contribution >= 4 is 11.9 Å². The normalized spacial score (nSPS) is 11.8. The van der Waals surface area contributed by atoms with Crippen LogP contribution < -0.4 is 21.5 Å². The van der Waals surface area contributed by atoms with E-state index in [1.165, 1.54) is 4.68 Å². The number of ether oxygens (including phenoxy) is 1. The molecule has 1 heterocycles. The molecule has 1 unspecified atom stereocenters. The van der Waals surface area contributed by atoms with Crippen molar-refractivity contribution in [3.8, 4) is 11.4 Å². The minimum absolute atomic E-state index is 0.140. The van der Waals surface area contributed by atoms with Gasteiger partial charge >= 0.3 is 0 Å². The lowest BCUT2D eigenvalue weighted by atomic mass is 10.1. The van der Waals surface area contributed by atoms with E-state index >= 15 is 0 Å². The van der Waals surface area contributed by atoms with Crippen molar-refractivity contribution in [3.63, 3.8) is 0 Å². The summed E-state index contributed by atoms with van der Waals surface area (Å²) in [6, 6.07) is 13.9. The number of tetrazole rings is 1. The summed E-state index contributed by atoms with van der Waals surface area (Å²) in [7, 11) is 1.58. The lowest BCUT2D eigenvalue weighted by Gasteiger charge is -2.16. The monoisotopic (exact) mass is 353 g/mol. The molecule has 3 rings (SSSR count). The number of benzene rings is 2. The molecule has 0 spiro atoms. The average Bonchev–Trinajstić information content (AvgIpc) is 3.11. The van der Waals surface area contributed by atoms with Crippen LogP contribution in [0.25, 0.3) is 5.69 Å². The van der Waals surface area contributed by atoms with E-state index in [2.05, 4.69) is 20.8 Å². The molecule has 5 N–H and O–H groups in total. The largest absolute Gasteiger partial charge is 0.496 e. The van der Waals surface area contributed by atoms with Crippen LogP contribution in [-0.4, -0.2) is 39.8 Å². The van der Waals surface area contributed by atoms with E-state index in [-0.39, 0.29) is 18.4 Å². The van der Waals surface area contributed by atoms with E-state index in [0.717, 1.165) is 5.56 Å². The van der Waals surface area contributed by atoms with Crippen molar-refractivity contribution in [1.82, 2.24) is 25.5 Å². The molecule has 0 aliphatic rings. The maximum atomic E-state index is 12.5. The Balaban J connectivity index is 1.70. The van der Waals surface area contributed by atoms with Crippen LogP contribution in [0.15, 0.2) is 48.5 Å². The summed E-state index contributed by atoms with van der Waals surface area (Å²) in [6.45, 7) is 0.260. The predicted octanol–water partition coefficient (Wildman–Crippen LogP) is 0.683. The van der Waals surface area contributed by atoms with Crippen LogP contribution in [0, 0.1) is 0 Å². The Morgan fingerprint density at radius 1 is 1.27 bits per heavy atom. The van der Waals surface area contributed by atoms with Crippen LogP contribution in [0.4, 0.5) is 5.95 Å². The van der Waals surface area contributed by atoms with Crippen LogP contribution in [-0.2, 0) is 0 Å². The first-order valence-electron chi connectivity index (χ1n) is 7.91. The SMILES string of the molecule is COc1ccccc1C(N)CNC(=O)c1cccc(-n2nnnc2N)c1. The number of nitrogens with two attached hydrogens (primary N) is 2. The van der Waals surface area contributed by atoms with Gasteiger partial charge in [0.25, 0.3) is 5.91 Å². The smallest absolute Gasteiger partial charge is 0.251 e. The Morgan fingerprint density at radius 3 is 2.81 bits per heavy atom. The number of aromatic nitrogens is 4. The third-order valence-corrected chi connectivity index (χ3v) is 3.87. The summed E-state index contributed by atoms with van der Waals surface area (Å²) in [5.74, 6) is 0.565. The second-order valence-electron chi connectivity index (χ2n) is 5.56. The minimum atomic E-state index is -0.395. The highest BCUT2D eigenvalue weighted by molar-refractivity contribution is 5.94. The molecule has 0 aliphatic heterocycles. The number of methoxy groups -OCH3 is 1. The maximum Gasteiger partial charge on any atom is 0.251 e. The van der Waals surface area contributed by atoms with E-state index < -0.39 is 6.04 Å². The molecule has 0 saturated heterocycles. The van der Waals surface area contributed by atoms with Gasteiger partial charge in [-0.2, -0.15) is 4.68 Å². The summed E-state index contributed by atoms with van der Waals surface area (Å²) >= 11 is 0. The fourth-order valence-corrected chi connectivity index (χ4v) is 2.54. The van der Waals surface area contributed by atoms with Crippen molar-refractivity contribution in [1.29, 1.82) is 0 Å². The molecule has 1 aromatic heterocycles. The van der Waals surface area contributed by atoms with Crippen LogP contribution in [0.2, 0.25) is 0 Å². The van der Waals surface area contributed by atoms with Gasteiger partial charge in [-0.15, -0.1) is 0 Å². The molecule has 0 radical (unpaired) electrons. The van der Waals surface area contributed by atoms with Crippen LogP contribution >= 0.6 is 0 Å². The highest BCUT2D eigenvalue weighted by Gasteiger charge is 2.14. The second-order valence-corrected chi connectivity index (χ2v) is 5.56. The van der Waals surface area contributed by atoms with Crippen molar-refractivity contribution < 1.29 is 9.53 Å². The van der Waals surface area contributed by atoms with E-state index in [1.54, 1.807) is 31.4 Å². The number of rotatable bonds is 6. The van der Waals surface area contributed by atoms with Crippen LogP contribution in [0.1, 0.15) is 22.0 Å². The molecule has 2 aromatic carbocycles. The molecule has 1 amide bonds. The third-order valence-electron chi connectivity index (χ3n) is 3.87. The van der Waals surface area contributed by atoms with Gasteiger partial charge < -0.3 is 21.5 Å². The maximum absolute atomic E-state index is 12.5. The number of hydrogen-bond donors (Lipinski definition) is 3. The number of carbonyl (C=O) groups excluding carboxylic acids is 1. The van der Waals surface area contributed by atoms with Crippen molar-refractivity contribution in [2.75, 3.05) is 19.4 Å². The van der Waals surface area contributed by atoms with E-state index in [1.807, 2.05) is 24.3 Å². The minimum Gasteiger partial charge on any atom is -0.496 e. The molecule has 9 heteroatoms. The molecule has 1 atom stereocenters. The molecule has 3 aromatic rings. The van der Waals surface area contributed by atoms with E-state index in [0.29, 0.717) is 17.0 Å². The molecular formula is C17H19N7O2. The molecule has 0 fully saturated rings. The summed E-state index contributed by atoms with van der Waals surface area (Å²) in [5, 5.41) is 13.7. The van der Waals surface area contributed by atoms with E-state index in [4.69, 9.17) is 16.2 Å². The first-order valence-corrected chi connectivity index (χ1v) is 7.91. The lowest BCUT2D eigenvalue weighted by molar-refractivity contribution is 0.0951. The molecule has 9 nitrogen and oxygen atoms in total. The zero-order chi connectivity index (χ0) is 18.5. The number of nitrogen functional groups attached to an aromatic ring is 1. The van der Waals surface area contributed by atoms with Gasteiger partial charge in [-0.1, -0.05) is 29.4 Å². The number of para-hydroxylation sites is 1. The van der Waals surface area contributed by atoms with Crippen LogP contribution in [0.5, 0.6) is 5.75 Å². The van der Waals surface area contributed by atoms with Gasteiger partial charge in [-0.25, -0.2) is 0 Å². The first kappa shape index (κ1) is 17.4. The Morgan fingerprint density at radius 2 is 2.08 bits per heavy atom. The van der Waals surface area contributed by atoms with Gasteiger partial charge in [0.15, 0.2) is 0 Å². The molecule has 134 valence electrons. The van der Waals surface area contributed by atoms with Gasteiger partial charge in [-0.05, 0) is 34.7 Å². The summed E-state index contributed by atoms with van der Waals surface area (Å²) in [6.07, 6.45) is 0. The lowest BCUT2D eigenvalue weighted by Crippen LogP contribution is -2.32. The zero-order valence-corrected chi connectivity index (χ0v) is 14.2. The van der Waals surface area contributed by atoms with E-state index in [9.17, 15) is 4.79 Å². The first-order chi connectivity index (χ1) is 12.6. The van der Waals surface area contributed by atoms with Crippen molar-refractivity contribution in [2.45, 2.75) is 6.04 Å². The Kier molecular flexibility index (Phi) is 5.09. The average molecular weight is 353 g/mol. The highest BCUT2D eigenvalue weighted by atomic mass is 16.5. The van der Waals surface area contributed by atoms with Gasteiger partial charge in [0.05, 0.1) is 18.8 Å². The molecule has 0 saturated carbocycles. The van der Waals surface area contributed by atoms with Crippen LogP contribution in [0.3, 0.4) is 0 Å². The quantitative estimate of drug-likeness (QED) is 0.593. The second kappa shape index (κ2) is 7.62. The topological polar surface area (TPSA) is 134 Å². The molecule has 26 heavy (non-hydrogen) atoms. The fraction of sp³-hybridized carbons (Fsp3) is 0.176. The van der Waals surface area contributed by atoms with Gasteiger partial charge in [-0.3, -0.25) is 4.79 Å². The van der Waals surface area contributed by atoms with Crippen molar-refractivity contribution in [3.05, 3.63) is 59.7 Å². The number of nitrogens with one attached hydrogen (secondary N) is 1. The van der Waals surface area contributed by atoms with Gasteiger partial charge in [0.1, 0.15) is 5.75 Å². The number of carbonyl (C=O) groups is 1. The van der Waals surface area contributed by atoms with Gasteiger partial charge in [0, 0.05) is 17.7 Å². The summed E-state index contributed by atoms with van der Waals surface area (Å²) in [4.78, 5) is 12.5. The number of nitrogens with zero attached hydrogens (tertiary/aromatic N) is 4. The standard InChI is InChI=1S/C17H19N7O2/c1-26-15-8-3-2-7-13(15)14(18)10-20-16(25)11-5-4-6-12(9-11)24-17(19)21-22-23-24/h2-9,14H,10,18H2,1H3,(H,20,25)(H2,19,21,23). The number of hydrogen-bond acceptors (Lipinski definition) is 7. The summed E-state index contributed by atoms with van der Waals surface area (Å²) < 4.78 is 6.64. The Labute approximate surface area is 149 Å². The summed E-state index contributed by atoms with van der Waals surface area (Å²) in [5.41, 5.74) is 13.7. The molecule has 0 bridgehead atoms.